The first-order chi connectivity index (χ1) is 8.74. The lowest BCUT2D eigenvalue weighted by molar-refractivity contribution is -0.116. The molecule has 0 saturated heterocycles. The lowest BCUT2D eigenvalue weighted by Gasteiger charge is -2.04. The third-order valence-electron chi connectivity index (χ3n) is 2.48. The summed E-state index contributed by atoms with van der Waals surface area (Å²) >= 11 is 2.18. The first kappa shape index (κ1) is 13.0. The topological polar surface area (TPSA) is 42.0 Å². The van der Waals surface area contributed by atoms with Crippen LogP contribution in [0.3, 0.4) is 0 Å². The van der Waals surface area contributed by atoms with Crippen molar-refractivity contribution in [3.63, 3.8) is 0 Å². The van der Waals surface area contributed by atoms with Crippen LogP contribution in [0.25, 0.3) is 0 Å². The molecule has 0 fully saturated rings. The average molecular weight is 352 g/mol. The van der Waals surface area contributed by atoms with Crippen LogP contribution in [0.4, 0.5) is 5.82 Å². The Bertz CT molecular complexity index is 511. The molecule has 1 aromatic heterocycles. The number of nitrogens with zero attached hydrogens (tertiary/aromatic N) is 1. The highest BCUT2D eigenvalue weighted by Crippen LogP contribution is 2.08. The number of anilines is 1. The summed E-state index contributed by atoms with van der Waals surface area (Å²) in [6.07, 6.45) is 2.95. The molecule has 0 atom stereocenters. The fourth-order valence-electron chi connectivity index (χ4n) is 1.56. The highest BCUT2D eigenvalue weighted by Gasteiger charge is 2.03. The quantitative estimate of drug-likeness (QED) is 0.859. The number of aryl methyl sites for hydroxylation is 1. The molecule has 0 unspecified atom stereocenters. The minimum atomic E-state index is -0.00689. The lowest BCUT2D eigenvalue weighted by atomic mass is 10.1. The predicted octanol–water partition coefficient (Wildman–Crippen LogP) is 3.26. The van der Waals surface area contributed by atoms with Crippen molar-refractivity contribution < 1.29 is 4.79 Å². The number of carbonyl (C=O) groups excluding carboxylic acids is 1. The summed E-state index contributed by atoms with van der Waals surface area (Å²) in [7, 11) is 0. The van der Waals surface area contributed by atoms with Crippen LogP contribution in [0.15, 0.2) is 48.7 Å². The molecule has 0 radical (unpaired) electrons. The molecule has 0 spiro atoms. The Morgan fingerprint density at radius 3 is 2.61 bits per heavy atom. The second-order valence-electron chi connectivity index (χ2n) is 3.90. The maximum atomic E-state index is 11.7. The maximum Gasteiger partial charge on any atom is 0.225 e. The zero-order valence-corrected chi connectivity index (χ0v) is 11.9. The summed E-state index contributed by atoms with van der Waals surface area (Å²) in [4.78, 5) is 15.9. The van der Waals surface area contributed by atoms with Crippen LogP contribution >= 0.6 is 22.6 Å². The van der Waals surface area contributed by atoms with Gasteiger partial charge in [0, 0.05) is 16.2 Å². The summed E-state index contributed by atoms with van der Waals surface area (Å²) in [5, 5.41) is 2.79. The Kier molecular flexibility index (Phi) is 4.69. The van der Waals surface area contributed by atoms with E-state index < -0.39 is 0 Å². The number of pyridine rings is 1. The van der Waals surface area contributed by atoms with Crippen molar-refractivity contribution in [1.29, 1.82) is 0 Å². The van der Waals surface area contributed by atoms with E-state index in [4.69, 9.17) is 0 Å². The maximum absolute atomic E-state index is 11.7. The standard InChI is InChI=1S/C14H13IN2O/c15-12-7-8-13(16-10-12)17-14(18)9-6-11-4-2-1-3-5-11/h1-5,7-8,10H,6,9H2,(H,16,17,18). The van der Waals surface area contributed by atoms with Crippen LogP contribution in [-0.4, -0.2) is 10.9 Å². The second-order valence-corrected chi connectivity index (χ2v) is 5.14. The molecule has 0 bridgehead atoms. The molecule has 1 aromatic carbocycles. The third kappa shape index (κ3) is 4.10. The van der Waals surface area contributed by atoms with Gasteiger partial charge >= 0.3 is 0 Å². The van der Waals surface area contributed by atoms with Gasteiger partial charge in [0.2, 0.25) is 5.91 Å². The molecule has 1 heterocycles. The molecule has 4 heteroatoms. The largest absolute Gasteiger partial charge is 0.311 e. The molecular formula is C14H13IN2O. The normalized spacial score (nSPS) is 10.1. The molecule has 0 aliphatic heterocycles. The average Bonchev–Trinajstić information content (AvgIpc) is 2.40. The molecule has 92 valence electrons. The van der Waals surface area contributed by atoms with Gasteiger partial charge in [-0.05, 0) is 46.7 Å². The Hall–Kier alpha value is -1.43. The van der Waals surface area contributed by atoms with Crippen LogP contribution in [0.5, 0.6) is 0 Å². The molecule has 3 nitrogen and oxygen atoms in total. The molecule has 1 N–H and O–H groups in total. The molecule has 0 aliphatic rings. The van der Waals surface area contributed by atoms with E-state index in [1.54, 1.807) is 6.20 Å². The van der Waals surface area contributed by atoms with Gasteiger partial charge in [-0.25, -0.2) is 4.98 Å². The summed E-state index contributed by atoms with van der Waals surface area (Å²) in [6.45, 7) is 0. The summed E-state index contributed by atoms with van der Waals surface area (Å²) in [5.74, 6) is 0.598. The first-order valence-electron chi connectivity index (χ1n) is 5.69. The van der Waals surface area contributed by atoms with Crippen LogP contribution in [-0.2, 0) is 11.2 Å². The number of hydrogen-bond acceptors (Lipinski definition) is 2. The molecule has 0 aliphatic carbocycles. The number of amides is 1. The number of benzene rings is 1. The van der Waals surface area contributed by atoms with Crippen molar-refractivity contribution in [3.8, 4) is 0 Å². The zero-order chi connectivity index (χ0) is 12.8. The van der Waals surface area contributed by atoms with E-state index in [0.29, 0.717) is 12.2 Å². The van der Waals surface area contributed by atoms with Gasteiger partial charge in [0.05, 0.1) is 0 Å². The zero-order valence-electron chi connectivity index (χ0n) is 9.77. The van der Waals surface area contributed by atoms with E-state index in [2.05, 4.69) is 32.9 Å². The molecule has 1 amide bonds. The van der Waals surface area contributed by atoms with E-state index in [9.17, 15) is 4.79 Å². The minimum Gasteiger partial charge on any atom is -0.311 e. The van der Waals surface area contributed by atoms with Gasteiger partial charge < -0.3 is 5.32 Å². The number of carbonyl (C=O) groups is 1. The van der Waals surface area contributed by atoms with E-state index >= 15 is 0 Å². The fraction of sp³-hybridized carbons (Fsp3) is 0.143. The summed E-state index contributed by atoms with van der Waals surface area (Å²) in [6, 6.07) is 13.7. The van der Waals surface area contributed by atoms with Gasteiger partial charge in [-0.15, -0.1) is 0 Å². The number of nitrogens with one attached hydrogen (secondary N) is 1. The van der Waals surface area contributed by atoms with Crippen molar-refractivity contribution in [2.45, 2.75) is 12.8 Å². The van der Waals surface area contributed by atoms with Crippen LogP contribution in [0, 0.1) is 3.57 Å². The Morgan fingerprint density at radius 1 is 1.17 bits per heavy atom. The molecule has 2 aromatic rings. The van der Waals surface area contributed by atoms with Crippen LogP contribution < -0.4 is 5.32 Å². The Labute approximate surface area is 120 Å². The molecule has 18 heavy (non-hydrogen) atoms. The van der Waals surface area contributed by atoms with E-state index in [0.717, 1.165) is 9.99 Å². The highest BCUT2D eigenvalue weighted by atomic mass is 127. The van der Waals surface area contributed by atoms with E-state index in [1.807, 2.05) is 42.5 Å². The first-order valence-corrected chi connectivity index (χ1v) is 6.77. The van der Waals surface area contributed by atoms with Crippen LogP contribution in [0.2, 0.25) is 0 Å². The van der Waals surface area contributed by atoms with Gasteiger partial charge in [0.25, 0.3) is 0 Å². The highest BCUT2D eigenvalue weighted by molar-refractivity contribution is 14.1. The van der Waals surface area contributed by atoms with Crippen molar-refractivity contribution in [3.05, 3.63) is 57.8 Å². The predicted molar refractivity (Wildman–Crippen MR) is 80.3 cm³/mol. The van der Waals surface area contributed by atoms with Gasteiger partial charge in [-0.2, -0.15) is 0 Å². The molecule has 0 saturated carbocycles. The Balaban J connectivity index is 1.84. The van der Waals surface area contributed by atoms with Gasteiger partial charge in [-0.1, -0.05) is 30.3 Å². The van der Waals surface area contributed by atoms with Crippen molar-refractivity contribution in [1.82, 2.24) is 4.98 Å². The summed E-state index contributed by atoms with van der Waals surface area (Å²) in [5.41, 5.74) is 1.17. The van der Waals surface area contributed by atoms with Crippen LogP contribution in [0.1, 0.15) is 12.0 Å². The smallest absolute Gasteiger partial charge is 0.225 e. The minimum absolute atomic E-state index is 0.00689. The fourth-order valence-corrected chi connectivity index (χ4v) is 1.88. The van der Waals surface area contributed by atoms with Gasteiger partial charge in [0.15, 0.2) is 0 Å². The number of hydrogen-bond donors (Lipinski definition) is 1. The number of halogens is 1. The van der Waals surface area contributed by atoms with Gasteiger partial charge in [0.1, 0.15) is 5.82 Å². The SMILES string of the molecule is O=C(CCc1ccccc1)Nc1ccc(I)cn1. The van der Waals surface area contributed by atoms with Crippen molar-refractivity contribution >= 4 is 34.3 Å². The van der Waals surface area contributed by atoms with Crippen molar-refractivity contribution in [2.24, 2.45) is 0 Å². The van der Waals surface area contributed by atoms with Gasteiger partial charge in [-0.3, -0.25) is 4.79 Å². The lowest BCUT2D eigenvalue weighted by Crippen LogP contribution is -2.13. The number of rotatable bonds is 4. The summed E-state index contributed by atoms with van der Waals surface area (Å²) < 4.78 is 1.05. The molecule has 2 rings (SSSR count). The third-order valence-corrected chi connectivity index (χ3v) is 3.12. The second kappa shape index (κ2) is 6.49. The Morgan fingerprint density at radius 2 is 1.94 bits per heavy atom. The molecular weight excluding hydrogens is 339 g/mol. The number of aromatic nitrogens is 1. The monoisotopic (exact) mass is 352 g/mol. The van der Waals surface area contributed by atoms with Crippen molar-refractivity contribution in [2.75, 3.05) is 5.32 Å². The van der Waals surface area contributed by atoms with E-state index in [-0.39, 0.29) is 5.91 Å². The van der Waals surface area contributed by atoms with E-state index in [1.165, 1.54) is 5.56 Å².